The van der Waals surface area contributed by atoms with Gasteiger partial charge >= 0.3 is 0 Å². The smallest absolute Gasteiger partial charge is 0.191 e. The van der Waals surface area contributed by atoms with Crippen molar-refractivity contribution in [3.05, 3.63) is 0 Å². The molecule has 0 saturated heterocycles. The average molecular weight is 281 g/mol. The molecular weight excluding hydrogens is 250 g/mol. The van der Waals surface area contributed by atoms with E-state index in [0.717, 1.165) is 44.2 Å². The van der Waals surface area contributed by atoms with Crippen LogP contribution >= 0.6 is 0 Å². The highest BCUT2D eigenvalue weighted by atomic mass is 16.3. The van der Waals surface area contributed by atoms with E-state index in [1.807, 2.05) is 7.05 Å². The Morgan fingerprint density at radius 1 is 1.25 bits per heavy atom. The Labute approximate surface area is 123 Å². The highest BCUT2D eigenvalue weighted by Gasteiger charge is 2.45. The largest absolute Gasteiger partial charge is 0.392 e. The molecule has 0 aromatic heterocycles. The fourth-order valence-electron chi connectivity index (χ4n) is 3.24. The Kier molecular flexibility index (Phi) is 4.62. The first-order valence-corrected chi connectivity index (χ1v) is 8.00. The second-order valence-electron chi connectivity index (χ2n) is 7.61. The first-order chi connectivity index (χ1) is 9.37. The van der Waals surface area contributed by atoms with Gasteiger partial charge in [0.05, 0.1) is 6.10 Å². The minimum atomic E-state index is -0.191. The maximum atomic E-state index is 10.2. The van der Waals surface area contributed by atoms with Gasteiger partial charge in [0.15, 0.2) is 5.96 Å². The number of nitrogens with one attached hydrogen (secondary N) is 2. The minimum absolute atomic E-state index is 0.0191. The van der Waals surface area contributed by atoms with Crippen LogP contribution in [0.1, 0.15) is 52.9 Å². The Balaban J connectivity index is 1.76. The van der Waals surface area contributed by atoms with Gasteiger partial charge in [0.2, 0.25) is 0 Å². The fraction of sp³-hybridized carbons (Fsp3) is 0.938. The van der Waals surface area contributed by atoms with Gasteiger partial charge in [-0.2, -0.15) is 0 Å². The predicted molar refractivity (Wildman–Crippen MR) is 83.8 cm³/mol. The van der Waals surface area contributed by atoms with Gasteiger partial charge in [0.25, 0.3) is 0 Å². The Morgan fingerprint density at radius 3 is 2.50 bits per heavy atom. The van der Waals surface area contributed by atoms with Crippen LogP contribution in [0.25, 0.3) is 0 Å². The normalized spacial score (nSPS) is 36.5. The third-order valence-electron chi connectivity index (χ3n) is 5.40. The third-order valence-corrected chi connectivity index (χ3v) is 5.40. The lowest BCUT2D eigenvalue weighted by atomic mass is 9.73. The molecule has 0 radical (unpaired) electrons. The number of aliphatic imine (C=N–C) groups is 1. The molecule has 3 N–H and O–H groups in total. The highest BCUT2D eigenvalue weighted by molar-refractivity contribution is 5.79. The molecule has 4 nitrogen and oxygen atoms in total. The number of rotatable bonds is 4. The van der Waals surface area contributed by atoms with Crippen LogP contribution in [0.5, 0.6) is 0 Å². The van der Waals surface area contributed by atoms with Crippen molar-refractivity contribution in [2.45, 2.75) is 59.0 Å². The predicted octanol–water partition coefficient (Wildman–Crippen LogP) is 2.14. The van der Waals surface area contributed by atoms with E-state index in [1.165, 1.54) is 12.8 Å². The summed E-state index contributed by atoms with van der Waals surface area (Å²) in [4.78, 5) is 4.29. The number of aliphatic hydroxyl groups excluding tert-OH is 1. The molecule has 116 valence electrons. The summed E-state index contributed by atoms with van der Waals surface area (Å²) >= 11 is 0. The zero-order valence-corrected chi connectivity index (χ0v) is 13.5. The summed E-state index contributed by atoms with van der Waals surface area (Å²) in [5.74, 6) is 1.63. The molecular formula is C16H31N3O. The molecule has 4 heteroatoms. The van der Waals surface area contributed by atoms with Gasteiger partial charge in [-0.15, -0.1) is 0 Å². The van der Waals surface area contributed by atoms with Gasteiger partial charge in [-0.05, 0) is 30.6 Å². The fourth-order valence-corrected chi connectivity index (χ4v) is 3.24. The molecule has 0 bridgehead atoms. The van der Waals surface area contributed by atoms with Gasteiger partial charge in [-0.3, -0.25) is 4.99 Å². The van der Waals surface area contributed by atoms with Crippen molar-refractivity contribution in [2.24, 2.45) is 21.7 Å². The van der Waals surface area contributed by atoms with Crippen LogP contribution in [0.4, 0.5) is 0 Å². The van der Waals surface area contributed by atoms with Gasteiger partial charge in [-0.1, -0.05) is 33.6 Å². The van der Waals surface area contributed by atoms with E-state index in [0.29, 0.717) is 5.41 Å². The van der Waals surface area contributed by atoms with Crippen LogP contribution in [0.3, 0.4) is 0 Å². The van der Waals surface area contributed by atoms with E-state index in [4.69, 9.17) is 0 Å². The molecule has 0 aromatic carbocycles. The summed E-state index contributed by atoms with van der Waals surface area (Å²) in [6.07, 6.45) is 5.50. The summed E-state index contributed by atoms with van der Waals surface area (Å²) in [7, 11) is 1.81. The second-order valence-corrected chi connectivity index (χ2v) is 7.61. The van der Waals surface area contributed by atoms with Crippen LogP contribution in [0, 0.1) is 16.7 Å². The first-order valence-electron chi connectivity index (χ1n) is 8.00. The highest BCUT2D eigenvalue weighted by Crippen LogP contribution is 2.50. The lowest BCUT2D eigenvalue weighted by Crippen LogP contribution is -2.48. The number of hydrogen-bond acceptors (Lipinski definition) is 2. The van der Waals surface area contributed by atoms with Crippen molar-refractivity contribution in [2.75, 3.05) is 20.1 Å². The standard InChI is InChI=1S/C16H31N3O/c1-15(2)9-12(15)10-18-14(17-4)19-11-16(3)8-6-5-7-13(16)20/h12-13,20H,5-11H2,1-4H3,(H2,17,18,19). The Bertz CT molecular complexity index is 367. The van der Waals surface area contributed by atoms with E-state index in [-0.39, 0.29) is 11.5 Å². The van der Waals surface area contributed by atoms with Crippen LogP contribution < -0.4 is 10.6 Å². The van der Waals surface area contributed by atoms with Gasteiger partial charge in [0.1, 0.15) is 0 Å². The maximum absolute atomic E-state index is 10.2. The quantitative estimate of drug-likeness (QED) is 0.546. The zero-order chi connectivity index (χ0) is 14.8. The van der Waals surface area contributed by atoms with E-state index in [9.17, 15) is 5.11 Å². The Hall–Kier alpha value is -0.770. The molecule has 3 unspecified atom stereocenters. The first kappa shape index (κ1) is 15.6. The molecule has 0 aliphatic heterocycles. The SMILES string of the molecule is CN=C(NCC1CC1(C)C)NCC1(C)CCCCC1O. The van der Waals surface area contributed by atoms with E-state index in [2.05, 4.69) is 36.4 Å². The summed E-state index contributed by atoms with van der Waals surface area (Å²) in [5, 5.41) is 17.0. The molecule has 0 heterocycles. The molecule has 2 rings (SSSR count). The average Bonchev–Trinajstić information content (AvgIpc) is 3.01. The monoisotopic (exact) mass is 281 g/mol. The van der Waals surface area contributed by atoms with Crippen LogP contribution in [0.2, 0.25) is 0 Å². The van der Waals surface area contributed by atoms with E-state index < -0.39 is 0 Å². The molecule has 2 aliphatic rings. The lowest BCUT2D eigenvalue weighted by Gasteiger charge is -2.38. The van der Waals surface area contributed by atoms with Crippen molar-refractivity contribution in [1.29, 1.82) is 0 Å². The van der Waals surface area contributed by atoms with Crippen LogP contribution in [0.15, 0.2) is 4.99 Å². The topological polar surface area (TPSA) is 56.7 Å². The lowest BCUT2D eigenvalue weighted by molar-refractivity contribution is 0.00397. The van der Waals surface area contributed by atoms with E-state index in [1.54, 1.807) is 0 Å². The van der Waals surface area contributed by atoms with Crippen molar-refractivity contribution < 1.29 is 5.11 Å². The van der Waals surface area contributed by atoms with Gasteiger partial charge in [0, 0.05) is 25.6 Å². The number of aliphatic hydroxyl groups is 1. The van der Waals surface area contributed by atoms with Crippen molar-refractivity contribution >= 4 is 5.96 Å². The van der Waals surface area contributed by atoms with Gasteiger partial charge < -0.3 is 15.7 Å². The second kappa shape index (κ2) is 5.92. The third kappa shape index (κ3) is 3.66. The summed E-state index contributed by atoms with van der Waals surface area (Å²) in [6, 6.07) is 0. The van der Waals surface area contributed by atoms with Crippen molar-refractivity contribution in [1.82, 2.24) is 10.6 Å². The van der Waals surface area contributed by atoms with Crippen LogP contribution in [-0.2, 0) is 0 Å². The minimum Gasteiger partial charge on any atom is -0.392 e. The molecule has 2 fully saturated rings. The summed E-state index contributed by atoms with van der Waals surface area (Å²) < 4.78 is 0. The summed E-state index contributed by atoms with van der Waals surface area (Å²) in [5.41, 5.74) is 0.478. The maximum Gasteiger partial charge on any atom is 0.191 e. The molecule has 0 spiro atoms. The number of hydrogen-bond donors (Lipinski definition) is 3. The van der Waals surface area contributed by atoms with Crippen molar-refractivity contribution in [3.8, 4) is 0 Å². The molecule has 2 saturated carbocycles. The Morgan fingerprint density at radius 2 is 1.95 bits per heavy atom. The zero-order valence-electron chi connectivity index (χ0n) is 13.5. The number of guanidine groups is 1. The molecule has 3 atom stereocenters. The van der Waals surface area contributed by atoms with Gasteiger partial charge in [-0.25, -0.2) is 0 Å². The molecule has 20 heavy (non-hydrogen) atoms. The number of nitrogens with zero attached hydrogens (tertiary/aromatic N) is 1. The summed E-state index contributed by atoms with van der Waals surface area (Å²) in [6.45, 7) is 8.60. The van der Waals surface area contributed by atoms with Crippen LogP contribution in [-0.4, -0.2) is 37.3 Å². The molecule has 2 aliphatic carbocycles. The molecule has 0 amide bonds. The van der Waals surface area contributed by atoms with E-state index >= 15 is 0 Å². The van der Waals surface area contributed by atoms with Crippen molar-refractivity contribution in [3.63, 3.8) is 0 Å². The molecule has 0 aromatic rings.